The number of nitrogens with zero attached hydrogens (tertiary/aromatic N) is 1. The van der Waals surface area contributed by atoms with Crippen molar-refractivity contribution >= 4 is 28.9 Å². The summed E-state index contributed by atoms with van der Waals surface area (Å²) >= 11 is 11.8. The maximum atomic E-state index is 13.3. The SMILES string of the molecule is OC(CN(CC(O)c1ccc(Cl)cc1)c1ccc(F)cc1)c1ccc(Cl)cc1. The highest BCUT2D eigenvalue weighted by Gasteiger charge is 2.19. The average Bonchev–Trinajstić information content (AvgIpc) is 2.69. The number of anilines is 1. The van der Waals surface area contributed by atoms with Crippen molar-refractivity contribution in [3.8, 4) is 0 Å². The molecule has 146 valence electrons. The Balaban J connectivity index is 1.81. The summed E-state index contributed by atoms with van der Waals surface area (Å²) in [7, 11) is 0. The van der Waals surface area contributed by atoms with E-state index < -0.39 is 12.2 Å². The Morgan fingerprint density at radius 3 is 1.46 bits per heavy atom. The molecule has 28 heavy (non-hydrogen) atoms. The van der Waals surface area contributed by atoms with Crippen LogP contribution >= 0.6 is 23.2 Å². The number of aliphatic hydroxyl groups is 2. The molecule has 0 bridgehead atoms. The van der Waals surface area contributed by atoms with Gasteiger partial charge in [-0.15, -0.1) is 0 Å². The Labute approximate surface area is 173 Å². The van der Waals surface area contributed by atoms with Gasteiger partial charge in [0.05, 0.1) is 12.2 Å². The van der Waals surface area contributed by atoms with Crippen molar-refractivity contribution in [1.82, 2.24) is 0 Å². The quantitative estimate of drug-likeness (QED) is 0.538. The van der Waals surface area contributed by atoms with Crippen LogP contribution in [0.3, 0.4) is 0 Å². The second kappa shape index (κ2) is 9.39. The number of benzene rings is 3. The topological polar surface area (TPSA) is 43.7 Å². The van der Waals surface area contributed by atoms with Crippen molar-refractivity contribution in [3.63, 3.8) is 0 Å². The lowest BCUT2D eigenvalue weighted by molar-refractivity contribution is 0.161. The maximum Gasteiger partial charge on any atom is 0.123 e. The molecular formula is C22H20Cl2FNO2. The van der Waals surface area contributed by atoms with E-state index in [-0.39, 0.29) is 18.9 Å². The summed E-state index contributed by atoms with van der Waals surface area (Å²) in [6.45, 7) is 0.440. The van der Waals surface area contributed by atoms with E-state index in [0.29, 0.717) is 26.9 Å². The van der Waals surface area contributed by atoms with Gasteiger partial charge in [0, 0.05) is 28.8 Å². The van der Waals surface area contributed by atoms with Crippen LogP contribution < -0.4 is 4.90 Å². The molecule has 3 aromatic carbocycles. The molecule has 0 fully saturated rings. The second-order valence-electron chi connectivity index (χ2n) is 6.52. The molecule has 3 aromatic rings. The summed E-state index contributed by atoms with van der Waals surface area (Å²) in [6, 6.07) is 19.8. The molecule has 3 rings (SSSR count). The summed E-state index contributed by atoms with van der Waals surface area (Å²) in [5, 5.41) is 22.5. The van der Waals surface area contributed by atoms with Gasteiger partial charge in [-0.3, -0.25) is 0 Å². The van der Waals surface area contributed by atoms with E-state index in [2.05, 4.69) is 0 Å². The zero-order chi connectivity index (χ0) is 20.1. The monoisotopic (exact) mass is 419 g/mol. The molecule has 0 saturated heterocycles. The normalized spacial score (nSPS) is 13.2. The number of rotatable bonds is 7. The van der Waals surface area contributed by atoms with E-state index in [9.17, 15) is 14.6 Å². The summed E-state index contributed by atoms with van der Waals surface area (Å²) in [4.78, 5) is 1.82. The molecule has 0 heterocycles. The van der Waals surface area contributed by atoms with Gasteiger partial charge in [-0.05, 0) is 59.7 Å². The molecule has 0 aromatic heterocycles. The fraction of sp³-hybridized carbons (Fsp3) is 0.182. The molecule has 0 radical (unpaired) electrons. The Kier molecular flexibility index (Phi) is 6.92. The molecule has 3 nitrogen and oxygen atoms in total. The van der Waals surface area contributed by atoms with Gasteiger partial charge >= 0.3 is 0 Å². The van der Waals surface area contributed by atoms with E-state index in [1.807, 2.05) is 4.90 Å². The number of halogens is 3. The highest BCUT2D eigenvalue weighted by molar-refractivity contribution is 6.30. The van der Waals surface area contributed by atoms with Crippen LogP contribution in [0.25, 0.3) is 0 Å². The predicted octanol–water partition coefficient (Wildman–Crippen LogP) is 5.41. The first-order valence-electron chi connectivity index (χ1n) is 8.80. The van der Waals surface area contributed by atoms with Crippen LogP contribution in [0.5, 0.6) is 0 Å². The molecule has 0 aliphatic rings. The number of aliphatic hydroxyl groups excluding tert-OH is 2. The van der Waals surface area contributed by atoms with Gasteiger partial charge in [0.25, 0.3) is 0 Å². The van der Waals surface area contributed by atoms with Crippen LogP contribution in [0.15, 0.2) is 72.8 Å². The molecule has 2 unspecified atom stereocenters. The van der Waals surface area contributed by atoms with Gasteiger partial charge in [-0.2, -0.15) is 0 Å². The second-order valence-corrected chi connectivity index (χ2v) is 7.39. The van der Waals surface area contributed by atoms with Gasteiger partial charge in [0.15, 0.2) is 0 Å². The molecule has 0 saturated carbocycles. The zero-order valence-electron chi connectivity index (χ0n) is 15.0. The lowest BCUT2D eigenvalue weighted by atomic mass is 10.1. The van der Waals surface area contributed by atoms with Gasteiger partial charge in [-0.1, -0.05) is 47.5 Å². The Morgan fingerprint density at radius 2 is 1.07 bits per heavy atom. The lowest BCUT2D eigenvalue weighted by Gasteiger charge is -2.30. The first kappa shape index (κ1) is 20.6. The largest absolute Gasteiger partial charge is 0.387 e. The minimum absolute atomic E-state index is 0.220. The molecule has 2 atom stereocenters. The number of hydrogen-bond donors (Lipinski definition) is 2. The van der Waals surface area contributed by atoms with Crippen LogP contribution in [0, 0.1) is 5.82 Å². The molecule has 0 spiro atoms. The number of hydrogen-bond acceptors (Lipinski definition) is 3. The van der Waals surface area contributed by atoms with Crippen molar-refractivity contribution in [2.45, 2.75) is 12.2 Å². The fourth-order valence-electron chi connectivity index (χ4n) is 2.94. The van der Waals surface area contributed by atoms with E-state index in [1.54, 1.807) is 60.7 Å². The Morgan fingerprint density at radius 1 is 0.679 bits per heavy atom. The predicted molar refractivity (Wildman–Crippen MR) is 111 cm³/mol. The van der Waals surface area contributed by atoms with E-state index in [1.165, 1.54) is 12.1 Å². The van der Waals surface area contributed by atoms with Crippen LogP contribution in [0.1, 0.15) is 23.3 Å². The van der Waals surface area contributed by atoms with Crippen molar-refractivity contribution in [2.75, 3.05) is 18.0 Å². The average molecular weight is 420 g/mol. The van der Waals surface area contributed by atoms with Crippen LogP contribution in [-0.4, -0.2) is 23.3 Å². The minimum Gasteiger partial charge on any atom is -0.387 e. The highest BCUT2D eigenvalue weighted by Crippen LogP contribution is 2.25. The van der Waals surface area contributed by atoms with Crippen LogP contribution in [0.4, 0.5) is 10.1 Å². The fourth-order valence-corrected chi connectivity index (χ4v) is 3.19. The first-order valence-corrected chi connectivity index (χ1v) is 9.55. The highest BCUT2D eigenvalue weighted by atomic mass is 35.5. The van der Waals surface area contributed by atoms with Crippen LogP contribution in [-0.2, 0) is 0 Å². The minimum atomic E-state index is -0.806. The van der Waals surface area contributed by atoms with Crippen molar-refractivity contribution in [3.05, 3.63) is 99.8 Å². The third-order valence-electron chi connectivity index (χ3n) is 4.49. The van der Waals surface area contributed by atoms with Gasteiger partial charge < -0.3 is 15.1 Å². The Hall–Kier alpha value is -2.11. The van der Waals surface area contributed by atoms with Crippen molar-refractivity contribution in [1.29, 1.82) is 0 Å². The summed E-state index contributed by atoms with van der Waals surface area (Å²) < 4.78 is 13.3. The lowest BCUT2D eigenvalue weighted by Crippen LogP contribution is -2.32. The van der Waals surface area contributed by atoms with E-state index >= 15 is 0 Å². The smallest absolute Gasteiger partial charge is 0.123 e. The molecule has 2 N–H and O–H groups in total. The summed E-state index contributed by atoms with van der Waals surface area (Å²) in [5.74, 6) is -0.347. The Bertz CT molecular complexity index is 832. The maximum absolute atomic E-state index is 13.3. The zero-order valence-corrected chi connectivity index (χ0v) is 16.5. The molecular weight excluding hydrogens is 400 g/mol. The van der Waals surface area contributed by atoms with Crippen LogP contribution in [0.2, 0.25) is 10.0 Å². The van der Waals surface area contributed by atoms with Crippen molar-refractivity contribution < 1.29 is 14.6 Å². The summed E-state index contributed by atoms with van der Waals surface area (Å²) in [5.41, 5.74) is 2.11. The van der Waals surface area contributed by atoms with Gasteiger partial charge in [-0.25, -0.2) is 4.39 Å². The van der Waals surface area contributed by atoms with E-state index in [0.717, 1.165) is 0 Å². The standard InChI is InChI=1S/C22H20Cl2FNO2/c23-17-5-1-15(2-6-17)21(27)13-26(20-11-9-19(25)10-12-20)14-22(28)16-3-7-18(24)8-4-16/h1-12,21-22,27-28H,13-14H2. The molecule has 6 heteroatoms. The first-order chi connectivity index (χ1) is 13.4. The summed E-state index contributed by atoms with van der Waals surface area (Å²) in [6.07, 6.45) is -1.61. The van der Waals surface area contributed by atoms with E-state index in [4.69, 9.17) is 23.2 Å². The van der Waals surface area contributed by atoms with Gasteiger partial charge in [0.2, 0.25) is 0 Å². The third kappa shape index (κ3) is 5.46. The third-order valence-corrected chi connectivity index (χ3v) is 4.99. The molecule has 0 aliphatic heterocycles. The molecule has 0 amide bonds. The van der Waals surface area contributed by atoms with Gasteiger partial charge in [0.1, 0.15) is 5.82 Å². The molecule has 0 aliphatic carbocycles. The van der Waals surface area contributed by atoms with Crippen molar-refractivity contribution in [2.24, 2.45) is 0 Å².